The van der Waals surface area contributed by atoms with Gasteiger partial charge in [-0.3, -0.25) is 0 Å². The minimum Gasteiger partial charge on any atom is -0.353 e. The van der Waals surface area contributed by atoms with Crippen molar-refractivity contribution >= 4 is 144 Å². The molecule has 0 spiro atoms. The van der Waals surface area contributed by atoms with Crippen LogP contribution in [0.15, 0.2) is 188 Å². The third-order valence-electron chi connectivity index (χ3n) is 17.0. The quantitative estimate of drug-likeness (QED) is 0.127. The van der Waals surface area contributed by atoms with E-state index in [1.54, 1.807) is 0 Å². The van der Waals surface area contributed by atoms with Gasteiger partial charge >= 0.3 is 0 Å². The molecule has 350 valence electrons. The lowest BCUT2D eigenvalue weighted by atomic mass is 9.36. The third kappa shape index (κ3) is 5.63. The highest BCUT2D eigenvalue weighted by atomic mass is 15.2. The van der Waals surface area contributed by atoms with Crippen LogP contribution >= 0.6 is 0 Å². The van der Waals surface area contributed by atoms with Crippen molar-refractivity contribution in [2.75, 3.05) is 9.80 Å². The molecule has 11 aromatic carbocycles. The molecular formula is C68H55BN4. The maximum atomic E-state index is 2.68. The van der Waals surface area contributed by atoms with Crippen LogP contribution in [0.5, 0.6) is 0 Å². The Bertz CT molecular complexity index is 4200. The molecule has 2 aromatic heterocycles. The van der Waals surface area contributed by atoms with Crippen LogP contribution in [0, 0.1) is 0 Å². The van der Waals surface area contributed by atoms with Gasteiger partial charge in [-0.25, -0.2) is 0 Å². The van der Waals surface area contributed by atoms with Crippen LogP contribution in [0.3, 0.4) is 0 Å². The molecule has 0 saturated heterocycles. The second-order valence-electron chi connectivity index (χ2n) is 22.9. The number of rotatable bonds is 2. The number of anilines is 6. The Kier molecular flexibility index (Phi) is 8.52. The van der Waals surface area contributed by atoms with Crippen LogP contribution in [0.1, 0.15) is 52.7 Å². The Morgan fingerprint density at radius 1 is 0.315 bits per heavy atom. The summed E-state index contributed by atoms with van der Waals surface area (Å²) in [7, 11) is 4.65. The van der Waals surface area contributed by atoms with Crippen molar-refractivity contribution in [2.24, 2.45) is 14.1 Å². The third-order valence-corrected chi connectivity index (χ3v) is 17.0. The van der Waals surface area contributed by atoms with Gasteiger partial charge in [0.2, 0.25) is 0 Å². The van der Waals surface area contributed by atoms with Gasteiger partial charge in [-0.1, -0.05) is 181 Å². The smallest absolute Gasteiger partial charge is 0.292 e. The van der Waals surface area contributed by atoms with Crippen molar-refractivity contribution in [2.45, 2.75) is 52.4 Å². The van der Waals surface area contributed by atoms with Crippen molar-refractivity contribution in [1.82, 2.24) is 9.13 Å². The Morgan fingerprint density at radius 2 is 0.616 bits per heavy atom. The molecule has 5 heteroatoms. The molecule has 0 fully saturated rings. The number of aromatic nitrogens is 2. The normalized spacial score (nSPS) is 13.7. The largest absolute Gasteiger partial charge is 0.353 e. The summed E-state index contributed by atoms with van der Waals surface area (Å²) in [6.07, 6.45) is 0. The van der Waals surface area contributed by atoms with Crippen LogP contribution in [-0.4, -0.2) is 15.8 Å². The lowest BCUT2D eigenvalue weighted by molar-refractivity contribution is 0.591. The summed E-state index contributed by atoms with van der Waals surface area (Å²) < 4.78 is 5.09. The van der Waals surface area contributed by atoms with E-state index in [2.05, 4.69) is 263 Å². The highest BCUT2D eigenvalue weighted by Crippen LogP contribution is 2.53. The molecule has 4 nitrogen and oxygen atoms in total. The molecule has 0 saturated carbocycles. The summed E-state index contributed by atoms with van der Waals surface area (Å²) in [6, 6.07) is 71.8. The summed E-state index contributed by atoms with van der Waals surface area (Å²) >= 11 is 0. The standard InChI is InChI=1S/C68H55BN4/c1-67(2,3)40-34-36-54-52(38-40)63-65(70(54)7)69-62-58(72(63)56-30-17-28-50-46-22-11-9-20-42(46)44-24-13-15-26-48(44)60(50)56)32-19-33-59(62)73(64-53-39-41(68(4,5)6)35-37-55(53)71(8)66(64)69)57-31-18-29-51-47-23-12-10-21-43(47)45-25-14-16-27-49(45)61(51)57/h9-39H,1-8H3. The predicted molar refractivity (Wildman–Crippen MR) is 316 cm³/mol. The molecule has 4 heterocycles. The molecule has 0 aliphatic carbocycles. The lowest BCUT2D eigenvalue weighted by Crippen LogP contribution is -2.64. The zero-order chi connectivity index (χ0) is 49.4. The number of hydrogen-bond acceptors (Lipinski definition) is 2. The summed E-state index contributed by atoms with van der Waals surface area (Å²) in [4.78, 5) is 5.36. The lowest BCUT2D eigenvalue weighted by Gasteiger charge is -2.43. The fraction of sp³-hybridized carbons (Fsp3) is 0.147. The maximum absolute atomic E-state index is 2.68. The van der Waals surface area contributed by atoms with E-state index in [-0.39, 0.29) is 17.5 Å². The maximum Gasteiger partial charge on any atom is 0.292 e. The first-order chi connectivity index (χ1) is 35.4. The van der Waals surface area contributed by atoms with E-state index in [0.717, 1.165) is 0 Å². The number of benzene rings is 11. The van der Waals surface area contributed by atoms with Gasteiger partial charge in [-0.15, -0.1) is 0 Å². The number of nitrogens with zero attached hydrogens (tertiary/aromatic N) is 4. The van der Waals surface area contributed by atoms with Crippen molar-refractivity contribution in [1.29, 1.82) is 0 Å². The topological polar surface area (TPSA) is 16.3 Å². The Hall–Kier alpha value is -8.28. The average molecular weight is 939 g/mol. The van der Waals surface area contributed by atoms with E-state index in [9.17, 15) is 0 Å². The van der Waals surface area contributed by atoms with Crippen LogP contribution < -0.4 is 26.4 Å². The van der Waals surface area contributed by atoms with Gasteiger partial charge in [0, 0.05) is 69.2 Å². The zero-order valence-electron chi connectivity index (χ0n) is 42.8. The van der Waals surface area contributed by atoms with E-state index in [1.807, 2.05) is 0 Å². The number of hydrogen-bond donors (Lipinski definition) is 0. The van der Waals surface area contributed by atoms with Crippen LogP contribution in [0.4, 0.5) is 34.1 Å². The first-order valence-corrected chi connectivity index (χ1v) is 26.0. The van der Waals surface area contributed by atoms with E-state index < -0.39 is 0 Å². The van der Waals surface area contributed by atoms with Gasteiger partial charge in [0.15, 0.2) is 0 Å². The number of fused-ring (bicyclic) bond motifs is 20. The second kappa shape index (κ2) is 14.7. The highest BCUT2D eigenvalue weighted by molar-refractivity contribution is 7.00. The van der Waals surface area contributed by atoms with Crippen molar-refractivity contribution in [3.8, 4) is 0 Å². The molecule has 13 aromatic rings. The molecule has 0 radical (unpaired) electrons. The van der Waals surface area contributed by atoms with Crippen molar-refractivity contribution in [3.05, 3.63) is 199 Å². The second-order valence-corrected chi connectivity index (χ2v) is 22.9. The van der Waals surface area contributed by atoms with Crippen molar-refractivity contribution < 1.29 is 0 Å². The van der Waals surface area contributed by atoms with Crippen LogP contribution in [0.25, 0.3) is 86.4 Å². The molecule has 73 heavy (non-hydrogen) atoms. The Balaban J connectivity index is 1.14. The minimum atomic E-state index is -0.102. The summed E-state index contributed by atoms with van der Waals surface area (Å²) in [5.74, 6) is 0. The average Bonchev–Trinajstić information content (AvgIpc) is 3.87. The molecule has 0 amide bonds. The first-order valence-electron chi connectivity index (χ1n) is 26.0. The van der Waals surface area contributed by atoms with Gasteiger partial charge in [0.1, 0.15) is 0 Å². The van der Waals surface area contributed by atoms with Gasteiger partial charge in [-0.2, -0.15) is 0 Å². The molecule has 2 aliphatic rings. The molecule has 0 atom stereocenters. The molecule has 0 unspecified atom stereocenters. The SMILES string of the molecule is Cn1c2c(c3cc(C(C)(C)C)ccc31)N(c1cccc3c4ccccc4c4ccccc4c13)c1cccc3c1B2c1c(c2cc(C(C)(C)C)ccc2n1C)N3c1cccc2c3ccccc3c3ccccc3c12. The van der Waals surface area contributed by atoms with Crippen LogP contribution in [0.2, 0.25) is 0 Å². The Morgan fingerprint density at radius 3 is 0.973 bits per heavy atom. The molecule has 0 N–H and O–H groups in total. The van der Waals surface area contributed by atoms with Gasteiger partial charge in [0.25, 0.3) is 6.71 Å². The van der Waals surface area contributed by atoms with Gasteiger partial charge < -0.3 is 18.9 Å². The van der Waals surface area contributed by atoms with E-state index in [0.29, 0.717) is 0 Å². The fourth-order valence-electron chi connectivity index (χ4n) is 13.6. The molecule has 2 aliphatic heterocycles. The molecule has 0 bridgehead atoms. The molecule has 15 rings (SSSR count). The minimum absolute atomic E-state index is 0.0525. The summed E-state index contributed by atoms with van der Waals surface area (Å²) in [5, 5.41) is 17.8. The summed E-state index contributed by atoms with van der Waals surface area (Å²) in [5.41, 5.74) is 16.2. The monoisotopic (exact) mass is 938 g/mol. The van der Waals surface area contributed by atoms with E-state index >= 15 is 0 Å². The molecular weight excluding hydrogens is 884 g/mol. The van der Waals surface area contributed by atoms with E-state index in [4.69, 9.17) is 0 Å². The zero-order valence-corrected chi connectivity index (χ0v) is 42.8. The van der Waals surface area contributed by atoms with E-state index in [1.165, 1.54) is 148 Å². The predicted octanol–water partition coefficient (Wildman–Crippen LogP) is 16.3. The number of aryl methyl sites for hydroxylation is 2. The Labute approximate surface area is 426 Å². The first kappa shape index (κ1) is 42.4. The fourth-order valence-corrected chi connectivity index (χ4v) is 13.6. The van der Waals surface area contributed by atoms with Crippen LogP contribution in [-0.2, 0) is 24.9 Å². The van der Waals surface area contributed by atoms with Gasteiger partial charge in [-0.05, 0) is 130 Å². The van der Waals surface area contributed by atoms with Crippen molar-refractivity contribution in [3.63, 3.8) is 0 Å². The highest BCUT2D eigenvalue weighted by Gasteiger charge is 2.49. The van der Waals surface area contributed by atoms with Gasteiger partial charge in [0.05, 0.1) is 22.7 Å². The summed E-state index contributed by atoms with van der Waals surface area (Å²) in [6.45, 7) is 13.9.